The summed E-state index contributed by atoms with van der Waals surface area (Å²) in [6.45, 7) is 0. The summed E-state index contributed by atoms with van der Waals surface area (Å²) in [5.41, 5.74) is -1.57. The fourth-order valence-corrected chi connectivity index (χ4v) is 1.70. The van der Waals surface area contributed by atoms with Crippen LogP contribution >= 0.6 is 0 Å². The van der Waals surface area contributed by atoms with Crippen molar-refractivity contribution in [2.45, 2.75) is 6.10 Å². The highest BCUT2D eigenvalue weighted by molar-refractivity contribution is 5.33. The van der Waals surface area contributed by atoms with Crippen LogP contribution in [0.25, 0.3) is 0 Å². The largest absolute Gasteiger partial charge is 0.383 e. The molecule has 2 aromatic carbocycles. The lowest BCUT2D eigenvalue weighted by Crippen LogP contribution is -2.09. The van der Waals surface area contributed by atoms with Crippen LogP contribution < -0.4 is 0 Å². The lowest BCUT2D eigenvalue weighted by Gasteiger charge is -2.14. The van der Waals surface area contributed by atoms with Crippen molar-refractivity contribution in [3.05, 3.63) is 70.5 Å². The van der Waals surface area contributed by atoms with Gasteiger partial charge in [0.25, 0.3) is 0 Å². The first-order valence-corrected chi connectivity index (χ1v) is 5.18. The van der Waals surface area contributed by atoms with Crippen LogP contribution in [-0.2, 0) is 0 Å². The molecule has 19 heavy (non-hydrogen) atoms. The SMILES string of the molecule is OC(c1cccc(F)c1F)c1c(F)cc(F)cc1F. The molecule has 1 atom stereocenters. The van der Waals surface area contributed by atoms with Gasteiger partial charge < -0.3 is 5.11 Å². The number of aliphatic hydroxyl groups is 1. The van der Waals surface area contributed by atoms with Crippen LogP contribution in [0.3, 0.4) is 0 Å². The molecule has 0 aromatic heterocycles. The number of halogens is 5. The Kier molecular flexibility index (Phi) is 3.53. The van der Waals surface area contributed by atoms with Crippen LogP contribution in [0.2, 0.25) is 0 Å². The number of benzene rings is 2. The molecule has 0 aliphatic rings. The number of hydrogen-bond acceptors (Lipinski definition) is 1. The van der Waals surface area contributed by atoms with Gasteiger partial charge in [-0.2, -0.15) is 0 Å². The topological polar surface area (TPSA) is 20.2 Å². The molecule has 2 aromatic rings. The van der Waals surface area contributed by atoms with E-state index in [1.807, 2.05) is 0 Å². The molecule has 0 saturated carbocycles. The van der Waals surface area contributed by atoms with Crippen molar-refractivity contribution < 1.29 is 27.1 Å². The lowest BCUT2D eigenvalue weighted by molar-refractivity contribution is 0.202. The van der Waals surface area contributed by atoms with Crippen molar-refractivity contribution >= 4 is 0 Å². The van der Waals surface area contributed by atoms with Gasteiger partial charge >= 0.3 is 0 Å². The zero-order valence-corrected chi connectivity index (χ0v) is 9.30. The molecule has 0 amide bonds. The zero-order valence-electron chi connectivity index (χ0n) is 9.30. The Balaban J connectivity index is 2.56. The summed E-state index contributed by atoms with van der Waals surface area (Å²) in [5.74, 6) is -6.62. The number of hydrogen-bond donors (Lipinski definition) is 1. The van der Waals surface area contributed by atoms with E-state index in [0.29, 0.717) is 12.1 Å². The Bertz CT molecular complexity index is 603. The van der Waals surface area contributed by atoms with Crippen LogP contribution in [0.4, 0.5) is 22.0 Å². The molecular formula is C13H7F5O. The van der Waals surface area contributed by atoms with Crippen LogP contribution in [0.1, 0.15) is 17.2 Å². The third kappa shape index (κ3) is 2.44. The fraction of sp³-hybridized carbons (Fsp3) is 0.0769. The van der Waals surface area contributed by atoms with Crippen molar-refractivity contribution in [2.24, 2.45) is 0 Å². The van der Waals surface area contributed by atoms with Crippen molar-refractivity contribution in [3.8, 4) is 0 Å². The first-order valence-electron chi connectivity index (χ1n) is 5.18. The molecular weight excluding hydrogens is 267 g/mol. The average Bonchev–Trinajstić information content (AvgIpc) is 2.31. The number of rotatable bonds is 2. The van der Waals surface area contributed by atoms with Crippen molar-refractivity contribution in [1.82, 2.24) is 0 Å². The molecule has 1 nitrogen and oxygen atoms in total. The Morgan fingerprint density at radius 3 is 2.00 bits per heavy atom. The van der Waals surface area contributed by atoms with Crippen molar-refractivity contribution in [1.29, 1.82) is 0 Å². The standard InChI is InChI=1S/C13H7F5O/c14-6-4-9(16)11(10(17)5-6)13(19)7-2-1-3-8(15)12(7)18/h1-5,13,19H. The normalized spacial score (nSPS) is 12.5. The highest BCUT2D eigenvalue weighted by Gasteiger charge is 2.24. The first kappa shape index (κ1) is 13.5. The quantitative estimate of drug-likeness (QED) is 0.831. The lowest BCUT2D eigenvalue weighted by atomic mass is 9.99. The Hall–Kier alpha value is -1.95. The smallest absolute Gasteiger partial charge is 0.164 e. The van der Waals surface area contributed by atoms with E-state index in [2.05, 4.69) is 0 Å². The molecule has 100 valence electrons. The summed E-state index contributed by atoms with van der Waals surface area (Å²) in [7, 11) is 0. The third-order valence-corrected chi connectivity index (χ3v) is 2.59. The van der Waals surface area contributed by atoms with Crippen molar-refractivity contribution in [2.75, 3.05) is 0 Å². The predicted molar refractivity (Wildman–Crippen MR) is 56.7 cm³/mol. The molecule has 1 N–H and O–H groups in total. The predicted octanol–water partition coefficient (Wildman–Crippen LogP) is 3.46. The van der Waals surface area contributed by atoms with E-state index in [9.17, 15) is 27.1 Å². The second kappa shape index (κ2) is 4.97. The van der Waals surface area contributed by atoms with Gasteiger partial charge in [0.1, 0.15) is 23.6 Å². The molecule has 0 radical (unpaired) electrons. The molecule has 0 bridgehead atoms. The second-order valence-corrected chi connectivity index (χ2v) is 3.83. The van der Waals surface area contributed by atoms with Gasteiger partial charge in [-0.3, -0.25) is 0 Å². The maximum absolute atomic E-state index is 13.4. The zero-order chi connectivity index (χ0) is 14.2. The van der Waals surface area contributed by atoms with Crippen LogP contribution in [-0.4, -0.2) is 5.11 Å². The Morgan fingerprint density at radius 1 is 0.842 bits per heavy atom. The fourth-order valence-electron chi connectivity index (χ4n) is 1.70. The molecule has 0 aliphatic carbocycles. The summed E-state index contributed by atoms with van der Waals surface area (Å²) in [6, 6.07) is 3.54. The van der Waals surface area contributed by atoms with E-state index < -0.39 is 46.3 Å². The molecule has 0 fully saturated rings. The highest BCUT2D eigenvalue weighted by Crippen LogP contribution is 2.29. The molecule has 0 spiro atoms. The number of aliphatic hydroxyl groups excluding tert-OH is 1. The van der Waals surface area contributed by atoms with E-state index in [-0.39, 0.29) is 0 Å². The van der Waals surface area contributed by atoms with Gasteiger partial charge in [-0.05, 0) is 6.07 Å². The molecule has 0 saturated heterocycles. The summed E-state index contributed by atoms with van der Waals surface area (Å²) in [4.78, 5) is 0. The van der Waals surface area contributed by atoms with Crippen molar-refractivity contribution in [3.63, 3.8) is 0 Å². The van der Waals surface area contributed by atoms with Crippen LogP contribution in [0, 0.1) is 29.1 Å². The van der Waals surface area contributed by atoms with E-state index in [1.165, 1.54) is 0 Å². The summed E-state index contributed by atoms with van der Waals surface area (Å²) in [5, 5.41) is 9.74. The molecule has 1 unspecified atom stereocenters. The molecule has 2 rings (SSSR count). The van der Waals surface area contributed by atoms with Gasteiger partial charge in [0, 0.05) is 17.7 Å². The third-order valence-electron chi connectivity index (χ3n) is 2.59. The van der Waals surface area contributed by atoms with Crippen LogP contribution in [0.15, 0.2) is 30.3 Å². The van der Waals surface area contributed by atoms with Gasteiger partial charge in [-0.15, -0.1) is 0 Å². The van der Waals surface area contributed by atoms with Gasteiger partial charge in [-0.25, -0.2) is 22.0 Å². The maximum Gasteiger partial charge on any atom is 0.164 e. The Labute approximate surface area is 104 Å². The molecule has 6 heteroatoms. The monoisotopic (exact) mass is 274 g/mol. The van der Waals surface area contributed by atoms with Gasteiger partial charge in [0.2, 0.25) is 0 Å². The summed E-state index contributed by atoms with van der Waals surface area (Å²) < 4.78 is 66.0. The van der Waals surface area contributed by atoms with E-state index in [4.69, 9.17) is 0 Å². The van der Waals surface area contributed by atoms with Gasteiger partial charge in [0.05, 0.1) is 5.56 Å². The van der Waals surface area contributed by atoms with Crippen LogP contribution in [0.5, 0.6) is 0 Å². The van der Waals surface area contributed by atoms with E-state index in [0.717, 1.165) is 18.2 Å². The first-order chi connectivity index (χ1) is 8.91. The minimum Gasteiger partial charge on any atom is -0.383 e. The average molecular weight is 274 g/mol. The summed E-state index contributed by atoms with van der Waals surface area (Å²) >= 11 is 0. The van der Waals surface area contributed by atoms with Gasteiger partial charge in [-0.1, -0.05) is 12.1 Å². The Morgan fingerprint density at radius 2 is 1.42 bits per heavy atom. The van der Waals surface area contributed by atoms with E-state index in [1.54, 1.807) is 0 Å². The van der Waals surface area contributed by atoms with Gasteiger partial charge in [0.15, 0.2) is 11.6 Å². The maximum atomic E-state index is 13.4. The minimum atomic E-state index is -2.07. The molecule has 0 heterocycles. The second-order valence-electron chi connectivity index (χ2n) is 3.83. The summed E-state index contributed by atoms with van der Waals surface area (Å²) in [6.07, 6.45) is -2.07. The van der Waals surface area contributed by atoms with E-state index >= 15 is 0 Å². The minimum absolute atomic E-state index is 0.346. The molecule has 0 aliphatic heterocycles. The highest BCUT2D eigenvalue weighted by atomic mass is 19.2.